The monoisotopic (exact) mass is 266 g/mol. The zero-order valence-electron chi connectivity index (χ0n) is 11.7. The van der Waals surface area contributed by atoms with E-state index in [2.05, 4.69) is 41.4 Å². The van der Waals surface area contributed by atoms with Crippen LogP contribution in [-0.2, 0) is 4.79 Å². The molecule has 19 heavy (non-hydrogen) atoms. The van der Waals surface area contributed by atoms with Crippen LogP contribution in [0.3, 0.4) is 0 Å². The lowest BCUT2D eigenvalue weighted by Crippen LogP contribution is -2.22. The molecule has 0 aromatic carbocycles. The summed E-state index contributed by atoms with van der Waals surface area (Å²) in [6, 6.07) is 1.79. The van der Waals surface area contributed by atoms with Crippen LogP contribution in [0.1, 0.15) is 33.6 Å². The number of hydrogen-bond acceptors (Lipinski definition) is 5. The minimum absolute atomic E-state index is 0.0651. The highest BCUT2D eigenvalue weighted by Gasteiger charge is 2.14. The van der Waals surface area contributed by atoms with Crippen molar-refractivity contribution in [2.24, 2.45) is 5.41 Å². The summed E-state index contributed by atoms with van der Waals surface area (Å²) in [4.78, 5) is 18.6. The first-order valence-electron chi connectivity index (χ1n) is 6.44. The van der Waals surface area contributed by atoms with Gasteiger partial charge in [0.1, 0.15) is 18.0 Å². The molecule has 3 N–H and O–H groups in total. The van der Waals surface area contributed by atoms with Crippen LogP contribution in [0.2, 0.25) is 0 Å². The van der Waals surface area contributed by atoms with Crippen molar-refractivity contribution in [1.29, 1.82) is 0 Å². The van der Waals surface area contributed by atoms with Crippen LogP contribution in [-0.4, -0.2) is 34.1 Å². The predicted octanol–water partition coefficient (Wildman–Crippen LogP) is 2.21. The first kappa shape index (κ1) is 15.2. The molecule has 0 unspecified atom stereocenters. The van der Waals surface area contributed by atoms with E-state index in [0.29, 0.717) is 12.4 Å². The molecule has 1 aromatic heterocycles. The molecule has 106 valence electrons. The van der Waals surface area contributed by atoms with E-state index in [1.165, 1.54) is 6.33 Å². The second-order valence-electron chi connectivity index (χ2n) is 5.23. The normalized spacial score (nSPS) is 11.1. The molecule has 0 saturated carbocycles. The number of nitrogens with one attached hydrogen (secondary N) is 2. The summed E-state index contributed by atoms with van der Waals surface area (Å²) in [5.41, 5.74) is 0.210. The van der Waals surface area contributed by atoms with Crippen molar-refractivity contribution in [3.8, 4) is 0 Å². The van der Waals surface area contributed by atoms with Gasteiger partial charge in [0.25, 0.3) is 0 Å². The Kier molecular flexibility index (Phi) is 5.54. The van der Waals surface area contributed by atoms with E-state index < -0.39 is 5.97 Å². The van der Waals surface area contributed by atoms with Gasteiger partial charge in [-0.1, -0.05) is 20.8 Å². The molecule has 1 aromatic rings. The summed E-state index contributed by atoms with van der Waals surface area (Å²) in [6.45, 7) is 7.71. The third-order valence-corrected chi connectivity index (χ3v) is 3.02. The van der Waals surface area contributed by atoms with E-state index in [1.54, 1.807) is 6.07 Å². The Labute approximate surface area is 113 Å². The minimum Gasteiger partial charge on any atom is -0.481 e. The van der Waals surface area contributed by atoms with Gasteiger partial charge in [0.15, 0.2) is 0 Å². The third kappa shape index (κ3) is 6.03. The Bertz CT molecular complexity index is 421. The highest BCUT2D eigenvalue weighted by atomic mass is 16.4. The number of hydrogen-bond donors (Lipinski definition) is 3. The second kappa shape index (κ2) is 6.92. The van der Waals surface area contributed by atoms with Crippen LogP contribution in [0.4, 0.5) is 11.6 Å². The van der Waals surface area contributed by atoms with Crippen LogP contribution in [0.5, 0.6) is 0 Å². The van der Waals surface area contributed by atoms with E-state index in [0.717, 1.165) is 18.8 Å². The standard InChI is InChI=1S/C13H22N4O2/c1-4-13(2,3)8-15-11-7-10(16-9-17-11)14-6-5-12(18)19/h7,9H,4-6,8H2,1-3H3,(H,18,19)(H2,14,15,16,17). The summed E-state index contributed by atoms with van der Waals surface area (Å²) in [7, 11) is 0. The highest BCUT2D eigenvalue weighted by molar-refractivity contribution is 5.67. The summed E-state index contributed by atoms with van der Waals surface area (Å²) >= 11 is 0. The van der Waals surface area contributed by atoms with E-state index in [1.807, 2.05) is 0 Å². The van der Waals surface area contributed by atoms with Crippen molar-refractivity contribution in [1.82, 2.24) is 9.97 Å². The summed E-state index contributed by atoms with van der Waals surface area (Å²) < 4.78 is 0. The molecule has 6 heteroatoms. The molecule has 1 heterocycles. The Morgan fingerprint density at radius 1 is 1.32 bits per heavy atom. The molecule has 0 atom stereocenters. The first-order chi connectivity index (χ1) is 8.93. The average Bonchev–Trinajstić information content (AvgIpc) is 2.37. The Balaban J connectivity index is 2.50. The number of carboxylic acids is 1. The van der Waals surface area contributed by atoms with Gasteiger partial charge in [0.2, 0.25) is 0 Å². The fraction of sp³-hybridized carbons (Fsp3) is 0.615. The lowest BCUT2D eigenvalue weighted by molar-refractivity contribution is -0.136. The molecule has 0 radical (unpaired) electrons. The fourth-order valence-corrected chi connectivity index (χ4v) is 1.30. The van der Waals surface area contributed by atoms with Gasteiger partial charge in [-0.2, -0.15) is 0 Å². The molecule has 0 saturated heterocycles. The molecule has 0 spiro atoms. The Hall–Kier alpha value is -1.85. The smallest absolute Gasteiger partial charge is 0.305 e. The van der Waals surface area contributed by atoms with E-state index in [4.69, 9.17) is 5.11 Å². The fourth-order valence-electron chi connectivity index (χ4n) is 1.30. The number of rotatable bonds is 8. The number of nitrogens with zero attached hydrogens (tertiary/aromatic N) is 2. The maximum absolute atomic E-state index is 10.4. The Morgan fingerprint density at radius 2 is 1.95 bits per heavy atom. The summed E-state index contributed by atoms with van der Waals surface area (Å²) in [5.74, 6) is 0.548. The van der Waals surface area contributed by atoms with Crippen molar-refractivity contribution in [3.05, 3.63) is 12.4 Å². The molecular weight excluding hydrogens is 244 g/mol. The van der Waals surface area contributed by atoms with Crippen LogP contribution in [0.25, 0.3) is 0 Å². The third-order valence-electron chi connectivity index (χ3n) is 3.02. The van der Waals surface area contributed by atoms with Crippen LogP contribution in [0.15, 0.2) is 12.4 Å². The molecule has 6 nitrogen and oxygen atoms in total. The summed E-state index contributed by atoms with van der Waals surface area (Å²) in [6.07, 6.45) is 2.61. The van der Waals surface area contributed by atoms with Crippen LogP contribution >= 0.6 is 0 Å². The average molecular weight is 266 g/mol. The molecule has 0 aliphatic rings. The van der Waals surface area contributed by atoms with Crippen molar-refractivity contribution in [2.45, 2.75) is 33.6 Å². The highest BCUT2D eigenvalue weighted by Crippen LogP contribution is 2.20. The molecule has 0 aliphatic carbocycles. The molecule has 0 bridgehead atoms. The molecule has 0 aliphatic heterocycles. The first-order valence-corrected chi connectivity index (χ1v) is 6.44. The van der Waals surface area contributed by atoms with Gasteiger partial charge in [0, 0.05) is 19.2 Å². The lowest BCUT2D eigenvalue weighted by Gasteiger charge is -2.23. The summed E-state index contributed by atoms with van der Waals surface area (Å²) in [5, 5.41) is 14.8. The van der Waals surface area contributed by atoms with E-state index >= 15 is 0 Å². The van der Waals surface area contributed by atoms with Gasteiger partial charge >= 0.3 is 5.97 Å². The second-order valence-corrected chi connectivity index (χ2v) is 5.23. The number of anilines is 2. The molecule has 0 amide bonds. The SMILES string of the molecule is CCC(C)(C)CNc1cc(NCCC(=O)O)ncn1. The maximum Gasteiger partial charge on any atom is 0.305 e. The van der Waals surface area contributed by atoms with Crippen molar-refractivity contribution in [2.75, 3.05) is 23.7 Å². The topological polar surface area (TPSA) is 87.1 Å². The van der Waals surface area contributed by atoms with Crippen molar-refractivity contribution in [3.63, 3.8) is 0 Å². The van der Waals surface area contributed by atoms with Gasteiger partial charge in [-0.25, -0.2) is 9.97 Å². The van der Waals surface area contributed by atoms with Crippen LogP contribution in [0, 0.1) is 5.41 Å². The van der Waals surface area contributed by atoms with Crippen molar-refractivity contribution < 1.29 is 9.90 Å². The molecule has 1 rings (SSSR count). The van der Waals surface area contributed by atoms with Crippen molar-refractivity contribution >= 4 is 17.6 Å². The van der Waals surface area contributed by atoms with Gasteiger partial charge in [-0.15, -0.1) is 0 Å². The largest absolute Gasteiger partial charge is 0.481 e. The minimum atomic E-state index is -0.829. The molecule has 0 fully saturated rings. The quantitative estimate of drug-likeness (QED) is 0.668. The van der Waals surface area contributed by atoms with Gasteiger partial charge in [-0.05, 0) is 11.8 Å². The molecular formula is C13H22N4O2. The van der Waals surface area contributed by atoms with Crippen LogP contribution < -0.4 is 10.6 Å². The predicted molar refractivity (Wildman–Crippen MR) is 75.3 cm³/mol. The van der Waals surface area contributed by atoms with E-state index in [9.17, 15) is 4.79 Å². The lowest BCUT2D eigenvalue weighted by atomic mass is 9.90. The van der Waals surface area contributed by atoms with Gasteiger partial charge in [-0.3, -0.25) is 4.79 Å². The van der Waals surface area contributed by atoms with Gasteiger partial charge in [0.05, 0.1) is 6.42 Å². The zero-order valence-corrected chi connectivity index (χ0v) is 11.7. The Morgan fingerprint density at radius 3 is 2.53 bits per heavy atom. The van der Waals surface area contributed by atoms with Gasteiger partial charge < -0.3 is 15.7 Å². The number of carboxylic acid groups (broad SMARTS) is 1. The zero-order chi connectivity index (χ0) is 14.3. The number of aliphatic carboxylic acids is 1. The number of aromatic nitrogens is 2. The maximum atomic E-state index is 10.4. The number of carbonyl (C=O) groups is 1. The van der Waals surface area contributed by atoms with E-state index in [-0.39, 0.29) is 11.8 Å².